The van der Waals surface area contributed by atoms with Crippen molar-refractivity contribution in [3.63, 3.8) is 0 Å². The molecule has 0 aliphatic heterocycles. The quantitative estimate of drug-likeness (QED) is 0.902. The molecular weight excluding hydrogens is 231 g/mol. The van der Waals surface area contributed by atoms with E-state index in [4.69, 9.17) is 10.5 Å². The molecule has 0 radical (unpaired) electrons. The predicted octanol–water partition coefficient (Wildman–Crippen LogP) is 3.03. The third-order valence-electron chi connectivity index (χ3n) is 2.56. The Morgan fingerprint density at radius 1 is 1.28 bits per heavy atom. The van der Waals surface area contributed by atoms with Crippen LogP contribution in [0.2, 0.25) is 0 Å². The van der Waals surface area contributed by atoms with Gasteiger partial charge in [-0.1, -0.05) is 19.1 Å². The van der Waals surface area contributed by atoms with Crippen LogP contribution in [0, 0.1) is 5.82 Å². The first kappa shape index (κ1) is 12.5. The SMILES string of the molecule is CCc1cc(CN)cc(Oc2ccccc2F)n1. The first-order valence-electron chi connectivity index (χ1n) is 5.85. The summed E-state index contributed by atoms with van der Waals surface area (Å²) in [4.78, 5) is 4.29. The minimum atomic E-state index is -0.407. The number of benzene rings is 1. The van der Waals surface area contributed by atoms with Gasteiger partial charge < -0.3 is 10.5 Å². The molecule has 0 fully saturated rings. The summed E-state index contributed by atoms with van der Waals surface area (Å²) in [5.74, 6) is 0.136. The molecule has 2 rings (SSSR count). The van der Waals surface area contributed by atoms with E-state index in [9.17, 15) is 4.39 Å². The Morgan fingerprint density at radius 2 is 2.06 bits per heavy atom. The molecule has 4 heteroatoms. The fourth-order valence-electron chi connectivity index (χ4n) is 1.61. The van der Waals surface area contributed by atoms with E-state index < -0.39 is 5.82 Å². The van der Waals surface area contributed by atoms with Gasteiger partial charge in [0.15, 0.2) is 11.6 Å². The highest BCUT2D eigenvalue weighted by atomic mass is 19.1. The first-order valence-corrected chi connectivity index (χ1v) is 5.85. The van der Waals surface area contributed by atoms with Gasteiger partial charge in [0.25, 0.3) is 0 Å². The predicted molar refractivity (Wildman–Crippen MR) is 68.0 cm³/mol. The molecule has 0 aliphatic rings. The van der Waals surface area contributed by atoms with Gasteiger partial charge in [-0.15, -0.1) is 0 Å². The van der Waals surface area contributed by atoms with E-state index >= 15 is 0 Å². The van der Waals surface area contributed by atoms with Crippen LogP contribution >= 0.6 is 0 Å². The van der Waals surface area contributed by atoms with Gasteiger partial charge in [-0.25, -0.2) is 9.37 Å². The topological polar surface area (TPSA) is 48.1 Å². The van der Waals surface area contributed by atoms with E-state index in [1.807, 2.05) is 13.0 Å². The summed E-state index contributed by atoms with van der Waals surface area (Å²) in [6, 6.07) is 9.90. The van der Waals surface area contributed by atoms with Gasteiger partial charge in [0, 0.05) is 18.3 Å². The Kier molecular flexibility index (Phi) is 3.89. The zero-order chi connectivity index (χ0) is 13.0. The second-order valence-corrected chi connectivity index (χ2v) is 3.90. The van der Waals surface area contributed by atoms with Crippen LogP contribution in [-0.2, 0) is 13.0 Å². The van der Waals surface area contributed by atoms with Gasteiger partial charge in [-0.2, -0.15) is 0 Å². The monoisotopic (exact) mass is 246 g/mol. The van der Waals surface area contributed by atoms with Crippen LogP contribution in [0.1, 0.15) is 18.2 Å². The Balaban J connectivity index is 2.31. The number of para-hydroxylation sites is 1. The van der Waals surface area contributed by atoms with Crippen LogP contribution in [-0.4, -0.2) is 4.98 Å². The summed E-state index contributed by atoms with van der Waals surface area (Å²) in [5, 5.41) is 0. The number of hydrogen-bond acceptors (Lipinski definition) is 3. The number of halogens is 1. The minimum absolute atomic E-state index is 0.168. The van der Waals surface area contributed by atoms with Crippen molar-refractivity contribution in [3.05, 3.63) is 53.5 Å². The molecule has 18 heavy (non-hydrogen) atoms. The number of aryl methyl sites for hydroxylation is 1. The smallest absolute Gasteiger partial charge is 0.219 e. The number of rotatable bonds is 4. The average molecular weight is 246 g/mol. The highest BCUT2D eigenvalue weighted by molar-refractivity contribution is 5.31. The number of nitrogens with two attached hydrogens (primary N) is 1. The maximum Gasteiger partial charge on any atom is 0.219 e. The normalized spacial score (nSPS) is 10.4. The number of hydrogen-bond donors (Lipinski definition) is 1. The lowest BCUT2D eigenvalue weighted by atomic mass is 10.2. The molecule has 94 valence electrons. The third kappa shape index (κ3) is 2.84. The lowest BCUT2D eigenvalue weighted by Crippen LogP contribution is -2.01. The summed E-state index contributed by atoms with van der Waals surface area (Å²) in [5.41, 5.74) is 7.41. The molecule has 0 amide bonds. The Bertz CT molecular complexity index is 521. The van der Waals surface area contributed by atoms with Crippen molar-refractivity contribution in [3.8, 4) is 11.6 Å². The molecule has 1 aromatic heterocycles. The zero-order valence-electron chi connectivity index (χ0n) is 10.2. The summed E-state index contributed by atoms with van der Waals surface area (Å²) < 4.78 is 18.9. The van der Waals surface area contributed by atoms with Gasteiger partial charge >= 0.3 is 0 Å². The molecule has 2 N–H and O–H groups in total. The standard InChI is InChI=1S/C14H15FN2O/c1-2-11-7-10(9-16)8-14(17-11)18-13-6-4-3-5-12(13)15/h3-8H,2,9,16H2,1H3. The number of nitrogens with zero attached hydrogens (tertiary/aromatic N) is 1. The van der Waals surface area contributed by atoms with E-state index in [1.165, 1.54) is 6.07 Å². The van der Waals surface area contributed by atoms with E-state index in [-0.39, 0.29) is 5.75 Å². The molecule has 0 atom stereocenters. The molecule has 0 saturated carbocycles. The van der Waals surface area contributed by atoms with Crippen molar-refractivity contribution in [2.75, 3.05) is 0 Å². The molecule has 3 nitrogen and oxygen atoms in total. The lowest BCUT2D eigenvalue weighted by molar-refractivity contribution is 0.425. The van der Waals surface area contributed by atoms with Crippen LogP contribution in [0.5, 0.6) is 11.6 Å². The average Bonchev–Trinajstić information content (AvgIpc) is 2.41. The van der Waals surface area contributed by atoms with Crippen molar-refractivity contribution in [2.45, 2.75) is 19.9 Å². The van der Waals surface area contributed by atoms with Crippen LogP contribution in [0.15, 0.2) is 36.4 Å². The number of pyridine rings is 1. The Labute approximate surface area is 105 Å². The molecule has 0 bridgehead atoms. The maximum absolute atomic E-state index is 13.5. The van der Waals surface area contributed by atoms with Gasteiger partial charge in [-0.3, -0.25) is 0 Å². The van der Waals surface area contributed by atoms with E-state index in [1.54, 1.807) is 24.3 Å². The zero-order valence-corrected chi connectivity index (χ0v) is 10.2. The van der Waals surface area contributed by atoms with Crippen molar-refractivity contribution in [2.24, 2.45) is 5.73 Å². The largest absolute Gasteiger partial charge is 0.436 e. The highest BCUT2D eigenvalue weighted by Gasteiger charge is 2.06. The highest BCUT2D eigenvalue weighted by Crippen LogP contribution is 2.23. The van der Waals surface area contributed by atoms with Gasteiger partial charge in [0.2, 0.25) is 5.88 Å². The second-order valence-electron chi connectivity index (χ2n) is 3.90. The van der Waals surface area contributed by atoms with Crippen LogP contribution in [0.3, 0.4) is 0 Å². The molecular formula is C14H15FN2O. The lowest BCUT2D eigenvalue weighted by Gasteiger charge is -2.08. The summed E-state index contributed by atoms with van der Waals surface area (Å²) in [6.45, 7) is 2.40. The van der Waals surface area contributed by atoms with Gasteiger partial charge in [-0.05, 0) is 30.2 Å². The van der Waals surface area contributed by atoms with Crippen molar-refractivity contribution in [1.29, 1.82) is 0 Å². The number of aromatic nitrogens is 1. The second kappa shape index (κ2) is 5.60. The van der Waals surface area contributed by atoms with Crippen molar-refractivity contribution in [1.82, 2.24) is 4.98 Å². The maximum atomic E-state index is 13.5. The minimum Gasteiger partial charge on any atom is -0.436 e. The summed E-state index contributed by atoms with van der Waals surface area (Å²) in [7, 11) is 0. The summed E-state index contributed by atoms with van der Waals surface area (Å²) in [6.07, 6.45) is 0.779. The van der Waals surface area contributed by atoms with Crippen LogP contribution < -0.4 is 10.5 Å². The third-order valence-corrected chi connectivity index (χ3v) is 2.56. The van der Waals surface area contributed by atoms with E-state index in [0.717, 1.165) is 17.7 Å². The Hall–Kier alpha value is -1.94. The van der Waals surface area contributed by atoms with Crippen LogP contribution in [0.25, 0.3) is 0 Å². The van der Waals surface area contributed by atoms with Crippen LogP contribution in [0.4, 0.5) is 4.39 Å². The van der Waals surface area contributed by atoms with E-state index in [0.29, 0.717) is 12.4 Å². The first-order chi connectivity index (χ1) is 8.72. The molecule has 0 spiro atoms. The Morgan fingerprint density at radius 3 is 2.72 bits per heavy atom. The molecule has 0 unspecified atom stereocenters. The fourth-order valence-corrected chi connectivity index (χ4v) is 1.61. The fraction of sp³-hybridized carbons (Fsp3) is 0.214. The van der Waals surface area contributed by atoms with Crippen molar-refractivity contribution >= 4 is 0 Å². The van der Waals surface area contributed by atoms with E-state index in [2.05, 4.69) is 4.98 Å². The molecule has 0 aliphatic carbocycles. The molecule has 2 aromatic rings. The summed E-state index contributed by atoms with van der Waals surface area (Å²) >= 11 is 0. The molecule has 0 saturated heterocycles. The van der Waals surface area contributed by atoms with Crippen molar-refractivity contribution < 1.29 is 9.13 Å². The van der Waals surface area contributed by atoms with Gasteiger partial charge in [0.1, 0.15) is 0 Å². The molecule has 1 heterocycles. The number of ether oxygens (including phenoxy) is 1. The molecule has 1 aromatic carbocycles. The van der Waals surface area contributed by atoms with Gasteiger partial charge in [0.05, 0.1) is 0 Å².